The minimum Gasteiger partial charge on any atom is -0.493 e. The molecule has 6 heteroatoms. The zero-order valence-electron chi connectivity index (χ0n) is 19.9. The maximum atomic E-state index is 5.71. The first-order chi connectivity index (χ1) is 16.0. The molecule has 2 N–H and O–H groups in total. The van der Waals surface area contributed by atoms with Crippen LogP contribution < -0.4 is 20.1 Å². The molecule has 0 spiro atoms. The molecular formula is C27H35N3O2S. The summed E-state index contributed by atoms with van der Waals surface area (Å²) >= 11 is 5.71. The summed E-state index contributed by atoms with van der Waals surface area (Å²) in [6.07, 6.45) is 8.14. The van der Waals surface area contributed by atoms with Crippen LogP contribution in [0.5, 0.6) is 11.5 Å². The predicted octanol–water partition coefficient (Wildman–Crippen LogP) is 4.67. The van der Waals surface area contributed by atoms with Crippen molar-refractivity contribution < 1.29 is 9.47 Å². The van der Waals surface area contributed by atoms with Gasteiger partial charge < -0.3 is 25.0 Å². The number of nitrogens with one attached hydrogen (secondary N) is 2. The highest BCUT2D eigenvalue weighted by Crippen LogP contribution is 2.49. The summed E-state index contributed by atoms with van der Waals surface area (Å²) in [5.74, 6) is 1.61. The quantitative estimate of drug-likeness (QED) is 0.626. The third kappa shape index (κ3) is 4.19. The van der Waals surface area contributed by atoms with Gasteiger partial charge in [-0.1, -0.05) is 12.1 Å². The van der Waals surface area contributed by atoms with E-state index >= 15 is 0 Å². The summed E-state index contributed by atoms with van der Waals surface area (Å²) in [6, 6.07) is 14.0. The van der Waals surface area contributed by atoms with E-state index in [-0.39, 0.29) is 5.41 Å². The normalized spacial score (nSPS) is 26.4. The molecule has 3 atom stereocenters. The molecule has 3 aliphatic rings. The fraction of sp³-hybridized carbons (Fsp3) is 0.519. The van der Waals surface area contributed by atoms with Crippen molar-refractivity contribution >= 4 is 23.0 Å². The molecule has 176 valence electrons. The third-order valence-electron chi connectivity index (χ3n) is 8.18. The van der Waals surface area contributed by atoms with Gasteiger partial charge in [0.25, 0.3) is 0 Å². The van der Waals surface area contributed by atoms with E-state index in [9.17, 15) is 0 Å². The molecule has 1 saturated carbocycles. The van der Waals surface area contributed by atoms with Crippen molar-refractivity contribution in [2.75, 3.05) is 33.1 Å². The molecule has 0 radical (unpaired) electrons. The van der Waals surface area contributed by atoms with Crippen LogP contribution in [-0.4, -0.2) is 49.9 Å². The maximum absolute atomic E-state index is 5.71. The first-order valence-electron chi connectivity index (χ1n) is 12.1. The van der Waals surface area contributed by atoms with Gasteiger partial charge in [0.15, 0.2) is 16.6 Å². The van der Waals surface area contributed by atoms with Crippen molar-refractivity contribution in [1.29, 1.82) is 0 Å². The van der Waals surface area contributed by atoms with Crippen LogP contribution in [-0.2, 0) is 18.3 Å². The van der Waals surface area contributed by atoms with Crippen LogP contribution in [0.4, 0.5) is 5.69 Å². The lowest BCUT2D eigenvalue weighted by Crippen LogP contribution is -2.52. The molecule has 1 saturated heterocycles. The summed E-state index contributed by atoms with van der Waals surface area (Å²) in [5, 5.41) is 7.80. The summed E-state index contributed by atoms with van der Waals surface area (Å²) in [4.78, 5) is 2.53. The Morgan fingerprint density at radius 2 is 1.85 bits per heavy atom. The number of aryl methyl sites for hydroxylation is 2. The highest BCUT2D eigenvalue weighted by Gasteiger charge is 2.50. The number of nitrogens with zero attached hydrogens (tertiary/aromatic N) is 1. The van der Waals surface area contributed by atoms with Gasteiger partial charge in [0, 0.05) is 23.2 Å². The Kier molecular flexibility index (Phi) is 6.23. The first kappa shape index (κ1) is 22.5. The van der Waals surface area contributed by atoms with E-state index < -0.39 is 0 Å². The van der Waals surface area contributed by atoms with Gasteiger partial charge in [0.05, 0.1) is 14.2 Å². The van der Waals surface area contributed by atoms with Crippen molar-refractivity contribution in [3.63, 3.8) is 0 Å². The molecular weight excluding hydrogens is 430 g/mol. The average molecular weight is 466 g/mol. The summed E-state index contributed by atoms with van der Waals surface area (Å²) in [7, 11) is 5.67. The fourth-order valence-corrected chi connectivity index (χ4v) is 6.68. The van der Waals surface area contributed by atoms with E-state index in [4.69, 9.17) is 21.7 Å². The Bertz CT molecular complexity index is 1040. The second kappa shape index (κ2) is 9.15. The second-order valence-electron chi connectivity index (χ2n) is 9.88. The molecule has 3 unspecified atom stereocenters. The Morgan fingerprint density at radius 3 is 2.67 bits per heavy atom. The molecule has 2 fully saturated rings. The number of fused-ring (bicyclic) bond motifs is 2. The number of anilines is 1. The molecule has 5 rings (SSSR count). The number of hydrogen-bond acceptors (Lipinski definition) is 4. The number of thiocarbonyl (C=S) groups is 1. The van der Waals surface area contributed by atoms with Crippen molar-refractivity contribution in [1.82, 2.24) is 10.2 Å². The highest BCUT2D eigenvalue weighted by atomic mass is 32.1. The molecule has 0 amide bonds. The van der Waals surface area contributed by atoms with Gasteiger partial charge in [-0.2, -0.15) is 0 Å². The van der Waals surface area contributed by atoms with Crippen molar-refractivity contribution in [3.8, 4) is 11.5 Å². The van der Waals surface area contributed by atoms with Gasteiger partial charge in [-0.25, -0.2) is 0 Å². The molecule has 33 heavy (non-hydrogen) atoms. The van der Waals surface area contributed by atoms with Gasteiger partial charge in [-0.3, -0.25) is 0 Å². The standard InChI is InChI=1S/C27H35N3O2S/c1-30-14-13-27(20-8-10-23(31-2)24(16-20)32-3)12-11-22(17-25(27)30)29-26(33)28-21-9-7-18-5-4-6-19(18)15-21/h7-10,15-16,22,25H,4-6,11-14,17H2,1-3H3,(H2,28,29,33). The number of benzene rings is 2. The van der Waals surface area contributed by atoms with Crippen molar-refractivity contribution in [3.05, 3.63) is 53.1 Å². The largest absolute Gasteiger partial charge is 0.493 e. The van der Waals surface area contributed by atoms with E-state index in [1.54, 1.807) is 14.2 Å². The maximum Gasteiger partial charge on any atom is 0.170 e. The molecule has 0 aromatic heterocycles. The molecule has 2 aromatic rings. The Labute approximate surface area is 202 Å². The molecule has 2 aliphatic carbocycles. The fourth-order valence-electron chi connectivity index (χ4n) is 6.40. The van der Waals surface area contributed by atoms with Crippen LogP contribution in [0.1, 0.15) is 48.8 Å². The minimum atomic E-state index is 0.154. The second-order valence-corrected chi connectivity index (χ2v) is 10.3. The molecule has 1 heterocycles. The predicted molar refractivity (Wildman–Crippen MR) is 138 cm³/mol. The van der Waals surface area contributed by atoms with Crippen molar-refractivity contribution in [2.45, 2.75) is 62.4 Å². The summed E-state index contributed by atoms with van der Waals surface area (Å²) in [6.45, 7) is 1.11. The molecule has 2 aromatic carbocycles. The van der Waals surface area contributed by atoms with Crippen LogP contribution in [0, 0.1) is 0 Å². The number of methoxy groups -OCH3 is 2. The van der Waals surface area contributed by atoms with Gasteiger partial charge in [-0.05, 0) is 112 Å². The van der Waals surface area contributed by atoms with E-state index in [0.717, 1.165) is 48.1 Å². The number of likely N-dealkylation sites (N-methyl/N-ethyl adjacent to an activating group) is 1. The Hall–Kier alpha value is -2.31. The van der Waals surface area contributed by atoms with Gasteiger partial charge in [0.2, 0.25) is 0 Å². The van der Waals surface area contributed by atoms with Crippen LogP contribution in [0.2, 0.25) is 0 Å². The van der Waals surface area contributed by atoms with Crippen molar-refractivity contribution in [2.24, 2.45) is 0 Å². The van der Waals surface area contributed by atoms with Crippen LogP contribution in [0.15, 0.2) is 36.4 Å². The monoisotopic (exact) mass is 465 g/mol. The SMILES string of the molecule is COc1ccc(C23CCC(NC(=S)Nc4ccc5c(c4)CCC5)CC2N(C)CC3)cc1OC. The lowest BCUT2D eigenvalue weighted by Gasteiger charge is -2.45. The Balaban J connectivity index is 1.28. The average Bonchev–Trinajstić information content (AvgIpc) is 3.43. The number of rotatable bonds is 5. The molecule has 1 aliphatic heterocycles. The van der Waals surface area contributed by atoms with Crippen LogP contribution in [0.25, 0.3) is 0 Å². The highest BCUT2D eigenvalue weighted by molar-refractivity contribution is 7.80. The first-order valence-corrected chi connectivity index (χ1v) is 12.6. The zero-order valence-corrected chi connectivity index (χ0v) is 20.8. The minimum absolute atomic E-state index is 0.154. The number of likely N-dealkylation sites (tertiary alicyclic amines) is 1. The summed E-state index contributed by atoms with van der Waals surface area (Å²) < 4.78 is 11.1. The summed E-state index contributed by atoms with van der Waals surface area (Å²) in [5.41, 5.74) is 5.57. The van der Waals surface area contributed by atoms with Gasteiger partial charge in [-0.15, -0.1) is 0 Å². The third-order valence-corrected chi connectivity index (χ3v) is 8.40. The van der Waals surface area contributed by atoms with Gasteiger partial charge in [0.1, 0.15) is 0 Å². The topological polar surface area (TPSA) is 45.8 Å². The van der Waals surface area contributed by atoms with Crippen LogP contribution in [0.3, 0.4) is 0 Å². The van der Waals surface area contributed by atoms with Gasteiger partial charge >= 0.3 is 0 Å². The molecule has 0 bridgehead atoms. The smallest absolute Gasteiger partial charge is 0.170 e. The number of hydrogen-bond donors (Lipinski definition) is 2. The van der Waals surface area contributed by atoms with Crippen LogP contribution >= 0.6 is 12.2 Å². The lowest BCUT2D eigenvalue weighted by atomic mass is 9.65. The molecule has 5 nitrogen and oxygen atoms in total. The number of ether oxygens (including phenoxy) is 2. The van der Waals surface area contributed by atoms with E-state index in [0.29, 0.717) is 12.1 Å². The lowest BCUT2D eigenvalue weighted by molar-refractivity contribution is 0.161. The zero-order chi connectivity index (χ0) is 23.0. The Morgan fingerprint density at radius 1 is 1.03 bits per heavy atom. The van der Waals surface area contributed by atoms with E-state index in [1.807, 2.05) is 0 Å². The van der Waals surface area contributed by atoms with E-state index in [1.165, 1.54) is 42.4 Å². The van der Waals surface area contributed by atoms with E-state index in [2.05, 4.69) is 59.0 Å².